The van der Waals surface area contributed by atoms with Gasteiger partial charge in [-0.3, -0.25) is 15.0 Å². The van der Waals surface area contributed by atoms with Crippen molar-refractivity contribution >= 4 is 22.4 Å². The van der Waals surface area contributed by atoms with E-state index in [-0.39, 0.29) is 11.9 Å². The maximum absolute atomic E-state index is 11.9. The van der Waals surface area contributed by atoms with Crippen LogP contribution in [0.4, 0.5) is 5.13 Å². The number of amides is 1. The van der Waals surface area contributed by atoms with Crippen LogP contribution in [-0.4, -0.2) is 40.1 Å². The molecule has 0 aliphatic carbocycles. The number of anilines is 1. The molecule has 6 heteroatoms. The summed E-state index contributed by atoms with van der Waals surface area (Å²) in [5.41, 5.74) is 0. The Balaban J connectivity index is 1.92. The van der Waals surface area contributed by atoms with Crippen molar-refractivity contribution in [2.45, 2.75) is 32.7 Å². The summed E-state index contributed by atoms with van der Waals surface area (Å²) in [4.78, 5) is 14.1. The Morgan fingerprint density at radius 3 is 2.69 bits per heavy atom. The first-order valence-electron chi connectivity index (χ1n) is 5.52. The van der Waals surface area contributed by atoms with Crippen LogP contribution in [-0.2, 0) is 4.79 Å². The molecular weight excluding hydrogens is 224 g/mol. The van der Waals surface area contributed by atoms with Crippen molar-refractivity contribution in [3.63, 3.8) is 0 Å². The predicted octanol–water partition coefficient (Wildman–Crippen LogP) is 1.27. The van der Waals surface area contributed by atoms with E-state index < -0.39 is 0 Å². The summed E-state index contributed by atoms with van der Waals surface area (Å²) in [5, 5.41) is 12.0. The second kappa shape index (κ2) is 4.88. The highest BCUT2D eigenvalue weighted by atomic mass is 32.1. The van der Waals surface area contributed by atoms with E-state index in [1.807, 2.05) is 13.8 Å². The van der Waals surface area contributed by atoms with Gasteiger partial charge in [0.2, 0.25) is 11.0 Å². The van der Waals surface area contributed by atoms with Crippen LogP contribution in [0.5, 0.6) is 0 Å². The number of carbonyl (C=O) groups is 1. The molecule has 0 unspecified atom stereocenters. The van der Waals surface area contributed by atoms with E-state index in [4.69, 9.17) is 0 Å². The van der Waals surface area contributed by atoms with Gasteiger partial charge in [-0.15, -0.1) is 10.2 Å². The number of nitrogens with zero attached hydrogens (tertiary/aromatic N) is 3. The van der Waals surface area contributed by atoms with Crippen LogP contribution in [0.1, 0.15) is 24.8 Å². The third-order valence-corrected chi connectivity index (χ3v) is 3.58. The number of carbonyl (C=O) groups excluding carboxylic acids is 1. The van der Waals surface area contributed by atoms with Crippen molar-refractivity contribution < 1.29 is 4.79 Å². The zero-order valence-electron chi connectivity index (χ0n) is 9.56. The molecule has 2 heterocycles. The molecule has 1 aromatic rings. The third-order valence-electron chi connectivity index (χ3n) is 2.82. The lowest BCUT2D eigenvalue weighted by Crippen LogP contribution is -2.40. The lowest BCUT2D eigenvalue weighted by Gasteiger charge is -2.21. The van der Waals surface area contributed by atoms with Gasteiger partial charge in [0.1, 0.15) is 5.01 Å². The summed E-state index contributed by atoms with van der Waals surface area (Å²) in [6, 6.07) is -0.0771. The zero-order valence-corrected chi connectivity index (χ0v) is 10.4. The molecule has 1 N–H and O–H groups in total. The van der Waals surface area contributed by atoms with Crippen LogP contribution >= 0.6 is 11.3 Å². The highest BCUT2D eigenvalue weighted by Crippen LogP contribution is 2.16. The number of hydrogen-bond acceptors (Lipinski definition) is 5. The Bertz CT molecular complexity index is 373. The van der Waals surface area contributed by atoms with E-state index >= 15 is 0 Å². The average Bonchev–Trinajstić information content (AvgIpc) is 2.88. The van der Waals surface area contributed by atoms with Gasteiger partial charge in [-0.1, -0.05) is 11.3 Å². The standard InChI is InChI=1S/C10H16N4OS/c1-7(14-5-3-4-6-14)9(15)11-10-13-12-8(2)16-10/h7H,3-6H2,1-2H3,(H,11,13,15)/t7-/m1/s1. The summed E-state index contributed by atoms with van der Waals surface area (Å²) in [5.74, 6) is 0.0121. The minimum Gasteiger partial charge on any atom is -0.299 e. The summed E-state index contributed by atoms with van der Waals surface area (Å²) in [7, 11) is 0. The quantitative estimate of drug-likeness (QED) is 0.864. The molecule has 1 saturated heterocycles. The molecule has 1 atom stereocenters. The molecule has 16 heavy (non-hydrogen) atoms. The topological polar surface area (TPSA) is 58.1 Å². The van der Waals surface area contributed by atoms with Crippen molar-refractivity contribution in [2.24, 2.45) is 0 Å². The van der Waals surface area contributed by atoms with Gasteiger partial charge in [-0.25, -0.2) is 0 Å². The number of nitrogens with one attached hydrogen (secondary N) is 1. The van der Waals surface area contributed by atoms with Crippen LogP contribution < -0.4 is 5.32 Å². The number of aromatic nitrogens is 2. The van der Waals surface area contributed by atoms with Crippen LogP contribution in [0.3, 0.4) is 0 Å². The minimum absolute atomic E-state index is 0.0121. The molecule has 5 nitrogen and oxygen atoms in total. The van der Waals surface area contributed by atoms with Crippen LogP contribution in [0.15, 0.2) is 0 Å². The highest BCUT2D eigenvalue weighted by Gasteiger charge is 2.24. The second-order valence-electron chi connectivity index (χ2n) is 4.03. The first-order chi connectivity index (χ1) is 7.66. The van der Waals surface area contributed by atoms with Crippen molar-refractivity contribution in [3.05, 3.63) is 5.01 Å². The molecule has 88 valence electrons. The lowest BCUT2D eigenvalue weighted by molar-refractivity contribution is -0.120. The molecule has 2 rings (SSSR count). The number of rotatable bonds is 3. The smallest absolute Gasteiger partial charge is 0.243 e. The normalized spacial score (nSPS) is 18.6. The monoisotopic (exact) mass is 240 g/mol. The van der Waals surface area contributed by atoms with E-state index in [1.54, 1.807) is 0 Å². The molecule has 0 spiro atoms. The molecule has 0 aromatic carbocycles. The van der Waals surface area contributed by atoms with Crippen LogP contribution in [0, 0.1) is 6.92 Å². The van der Waals surface area contributed by atoms with Gasteiger partial charge in [0.25, 0.3) is 0 Å². The zero-order chi connectivity index (χ0) is 11.5. The Morgan fingerprint density at radius 1 is 1.44 bits per heavy atom. The van der Waals surface area contributed by atoms with Gasteiger partial charge >= 0.3 is 0 Å². The van der Waals surface area contributed by atoms with Crippen LogP contribution in [0.2, 0.25) is 0 Å². The number of hydrogen-bond donors (Lipinski definition) is 1. The first-order valence-corrected chi connectivity index (χ1v) is 6.33. The maximum Gasteiger partial charge on any atom is 0.243 e. The fraction of sp³-hybridized carbons (Fsp3) is 0.700. The molecule has 1 amide bonds. The molecule has 1 aromatic heterocycles. The summed E-state index contributed by atoms with van der Waals surface area (Å²) >= 11 is 1.40. The van der Waals surface area contributed by atoms with Crippen LogP contribution in [0.25, 0.3) is 0 Å². The second-order valence-corrected chi connectivity index (χ2v) is 5.22. The van der Waals surface area contributed by atoms with Gasteiger partial charge in [0.15, 0.2) is 0 Å². The Hall–Kier alpha value is -1.01. The third kappa shape index (κ3) is 2.56. The number of likely N-dealkylation sites (tertiary alicyclic amines) is 1. The minimum atomic E-state index is -0.0771. The van der Waals surface area contributed by atoms with Gasteiger partial charge in [-0.05, 0) is 39.8 Å². The Kier molecular flexibility index (Phi) is 3.50. The van der Waals surface area contributed by atoms with Crippen molar-refractivity contribution in [1.29, 1.82) is 0 Å². The lowest BCUT2D eigenvalue weighted by atomic mass is 10.3. The average molecular weight is 240 g/mol. The van der Waals surface area contributed by atoms with E-state index in [0.717, 1.165) is 18.1 Å². The summed E-state index contributed by atoms with van der Waals surface area (Å²) in [6.45, 7) is 5.85. The molecule has 1 fully saturated rings. The molecule has 1 aliphatic rings. The Labute approximate surface area is 98.9 Å². The fourth-order valence-electron chi connectivity index (χ4n) is 1.85. The van der Waals surface area contributed by atoms with Gasteiger partial charge < -0.3 is 0 Å². The summed E-state index contributed by atoms with van der Waals surface area (Å²) < 4.78 is 0. The molecular formula is C10H16N4OS. The Morgan fingerprint density at radius 2 is 2.12 bits per heavy atom. The SMILES string of the molecule is Cc1nnc(NC(=O)[C@@H](C)N2CCCC2)s1. The highest BCUT2D eigenvalue weighted by molar-refractivity contribution is 7.15. The summed E-state index contributed by atoms with van der Waals surface area (Å²) in [6.07, 6.45) is 2.38. The molecule has 0 radical (unpaired) electrons. The fourth-order valence-corrected chi connectivity index (χ4v) is 2.45. The van der Waals surface area contributed by atoms with Gasteiger partial charge in [-0.2, -0.15) is 0 Å². The number of aryl methyl sites for hydroxylation is 1. The van der Waals surface area contributed by atoms with Gasteiger partial charge in [0.05, 0.1) is 6.04 Å². The predicted molar refractivity (Wildman–Crippen MR) is 63.5 cm³/mol. The molecule has 0 saturated carbocycles. The molecule has 0 bridgehead atoms. The van der Waals surface area contributed by atoms with Crippen molar-refractivity contribution in [2.75, 3.05) is 18.4 Å². The molecule has 1 aliphatic heterocycles. The largest absolute Gasteiger partial charge is 0.299 e. The van der Waals surface area contributed by atoms with E-state index in [1.165, 1.54) is 24.2 Å². The van der Waals surface area contributed by atoms with Gasteiger partial charge in [0, 0.05) is 0 Å². The van der Waals surface area contributed by atoms with E-state index in [9.17, 15) is 4.79 Å². The maximum atomic E-state index is 11.9. The van der Waals surface area contributed by atoms with E-state index in [0.29, 0.717) is 5.13 Å². The van der Waals surface area contributed by atoms with E-state index in [2.05, 4.69) is 20.4 Å². The van der Waals surface area contributed by atoms with Crippen molar-refractivity contribution in [1.82, 2.24) is 15.1 Å². The van der Waals surface area contributed by atoms with Crippen molar-refractivity contribution in [3.8, 4) is 0 Å². The first kappa shape index (κ1) is 11.5.